The SMILES string of the molecule is CC(Cc1ccccc1)NC1CNC1. The average Bonchev–Trinajstić information content (AvgIpc) is 2.13. The lowest BCUT2D eigenvalue weighted by molar-refractivity contribution is 0.334. The maximum Gasteiger partial charge on any atom is 0.0319 e. The molecule has 2 rings (SSSR count). The molecule has 1 saturated heterocycles. The molecule has 0 bridgehead atoms. The van der Waals surface area contributed by atoms with Gasteiger partial charge < -0.3 is 10.6 Å². The molecule has 0 spiro atoms. The van der Waals surface area contributed by atoms with Crippen molar-refractivity contribution < 1.29 is 0 Å². The highest BCUT2D eigenvalue weighted by atomic mass is 15.1. The van der Waals surface area contributed by atoms with Crippen LogP contribution in [0.4, 0.5) is 0 Å². The molecule has 0 aliphatic carbocycles. The van der Waals surface area contributed by atoms with Gasteiger partial charge in [0.05, 0.1) is 0 Å². The largest absolute Gasteiger partial charge is 0.314 e. The highest BCUT2D eigenvalue weighted by Gasteiger charge is 2.17. The zero-order chi connectivity index (χ0) is 9.80. The topological polar surface area (TPSA) is 24.1 Å². The molecule has 0 amide bonds. The normalized spacial score (nSPS) is 18.9. The lowest BCUT2D eigenvalue weighted by Crippen LogP contribution is -2.57. The highest BCUT2D eigenvalue weighted by molar-refractivity contribution is 5.15. The Morgan fingerprint density at radius 1 is 1.36 bits per heavy atom. The van der Waals surface area contributed by atoms with Gasteiger partial charge in [0.15, 0.2) is 0 Å². The van der Waals surface area contributed by atoms with E-state index in [0.717, 1.165) is 19.5 Å². The maximum absolute atomic E-state index is 3.60. The summed E-state index contributed by atoms with van der Waals surface area (Å²) in [7, 11) is 0. The van der Waals surface area contributed by atoms with E-state index in [0.29, 0.717) is 12.1 Å². The van der Waals surface area contributed by atoms with Gasteiger partial charge in [-0.1, -0.05) is 30.3 Å². The Kier molecular flexibility index (Phi) is 3.17. The first kappa shape index (κ1) is 9.69. The van der Waals surface area contributed by atoms with Crippen molar-refractivity contribution in [2.75, 3.05) is 13.1 Å². The molecule has 2 nitrogen and oxygen atoms in total. The molecule has 2 N–H and O–H groups in total. The Morgan fingerprint density at radius 3 is 2.64 bits per heavy atom. The molecule has 1 aliphatic rings. The minimum atomic E-state index is 0.574. The van der Waals surface area contributed by atoms with Gasteiger partial charge in [-0.2, -0.15) is 0 Å². The average molecular weight is 190 g/mol. The lowest BCUT2D eigenvalue weighted by atomic mass is 10.1. The fourth-order valence-corrected chi connectivity index (χ4v) is 1.84. The molecule has 0 saturated carbocycles. The molecular weight excluding hydrogens is 172 g/mol. The molecule has 1 atom stereocenters. The van der Waals surface area contributed by atoms with E-state index >= 15 is 0 Å². The summed E-state index contributed by atoms with van der Waals surface area (Å²) in [4.78, 5) is 0. The Morgan fingerprint density at radius 2 is 2.07 bits per heavy atom. The summed E-state index contributed by atoms with van der Waals surface area (Å²) in [5.74, 6) is 0. The number of rotatable bonds is 4. The van der Waals surface area contributed by atoms with Crippen molar-refractivity contribution in [3.8, 4) is 0 Å². The molecular formula is C12H18N2. The van der Waals surface area contributed by atoms with Gasteiger partial charge in [0, 0.05) is 25.2 Å². The zero-order valence-corrected chi connectivity index (χ0v) is 8.66. The van der Waals surface area contributed by atoms with E-state index in [1.165, 1.54) is 5.56 Å². The van der Waals surface area contributed by atoms with E-state index in [2.05, 4.69) is 47.9 Å². The van der Waals surface area contributed by atoms with Crippen molar-refractivity contribution in [3.63, 3.8) is 0 Å². The van der Waals surface area contributed by atoms with Gasteiger partial charge in [-0.3, -0.25) is 0 Å². The van der Waals surface area contributed by atoms with E-state index < -0.39 is 0 Å². The Labute approximate surface area is 85.7 Å². The molecule has 1 unspecified atom stereocenters. The number of nitrogens with one attached hydrogen (secondary N) is 2. The van der Waals surface area contributed by atoms with Gasteiger partial charge in [0.25, 0.3) is 0 Å². The fraction of sp³-hybridized carbons (Fsp3) is 0.500. The highest BCUT2D eigenvalue weighted by Crippen LogP contribution is 2.04. The molecule has 76 valence electrons. The zero-order valence-electron chi connectivity index (χ0n) is 8.66. The molecule has 14 heavy (non-hydrogen) atoms. The summed E-state index contributed by atoms with van der Waals surface area (Å²) in [5, 5.41) is 6.87. The number of hydrogen-bond donors (Lipinski definition) is 2. The minimum Gasteiger partial charge on any atom is -0.314 e. The van der Waals surface area contributed by atoms with Gasteiger partial charge in [0.2, 0.25) is 0 Å². The van der Waals surface area contributed by atoms with Crippen LogP contribution in [0.5, 0.6) is 0 Å². The molecule has 0 radical (unpaired) electrons. The first-order valence-corrected chi connectivity index (χ1v) is 5.35. The van der Waals surface area contributed by atoms with Gasteiger partial charge >= 0.3 is 0 Å². The van der Waals surface area contributed by atoms with Crippen LogP contribution in [0.25, 0.3) is 0 Å². The van der Waals surface area contributed by atoms with Crippen LogP contribution in [0.1, 0.15) is 12.5 Å². The minimum absolute atomic E-state index is 0.574. The lowest BCUT2D eigenvalue weighted by Gasteiger charge is -2.31. The van der Waals surface area contributed by atoms with E-state index in [-0.39, 0.29) is 0 Å². The van der Waals surface area contributed by atoms with Crippen molar-refractivity contribution in [1.29, 1.82) is 0 Å². The summed E-state index contributed by atoms with van der Waals surface area (Å²) in [6, 6.07) is 11.9. The molecule has 1 aromatic carbocycles. The summed E-state index contributed by atoms with van der Waals surface area (Å²) in [5.41, 5.74) is 1.42. The van der Waals surface area contributed by atoms with Crippen LogP contribution in [0, 0.1) is 0 Å². The fourth-order valence-electron chi connectivity index (χ4n) is 1.84. The van der Waals surface area contributed by atoms with Crippen molar-refractivity contribution in [2.24, 2.45) is 0 Å². The van der Waals surface area contributed by atoms with E-state index in [1.54, 1.807) is 0 Å². The number of hydrogen-bond acceptors (Lipinski definition) is 2. The van der Waals surface area contributed by atoms with E-state index in [4.69, 9.17) is 0 Å². The third-order valence-electron chi connectivity index (χ3n) is 2.69. The standard InChI is InChI=1S/C12H18N2/c1-10(14-12-8-13-9-12)7-11-5-3-2-4-6-11/h2-6,10,12-14H,7-9H2,1H3. The molecule has 1 heterocycles. The molecule has 1 aromatic rings. The second kappa shape index (κ2) is 4.58. The van der Waals surface area contributed by atoms with Gasteiger partial charge in [-0.15, -0.1) is 0 Å². The van der Waals surface area contributed by atoms with Crippen LogP contribution in [-0.2, 0) is 6.42 Å². The second-order valence-electron chi connectivity index (χ2n) is 4.11. The van der Waals surface area contributed by atoms with E-state index in [9.17, 15) is 0 Å². The van der Waals surface area contributed by atoms with Crippen molar-refractivity contribution in [1.82, 2.24) is 10.6 Å². The second-order valence-corrected chi connectivity index (χ2v) is 4.11. The van der Waals surface area contributed by atoms with Crippen LogP contribution in [0.3, 0.4) is 0 Å². The summed E-state index contributed by atoms with van der Waals surface area (Å²) in [6.07, 6.45) is 1.12. The van der Waals surface area contributed by atoms with Crippen LogP contribution in [0.15, 0.2) is 30.3 Å². The Bertz CT molecular complexity index is 267. The van der Waals surface area contributed by atoms with E-state index in [1.807, 2.05) is 0 Å². The molecule has 2 heteroatoms. The van der Waals surface area contributed by atoms with Crippen molar-refractivity contribution in [2.45, 2.75) is 25.4 Å². The van der Waals surface area contributed by atoms with Gasteiger partial charge in [-0.05, 0) is 18.9 Å². The third-order valence-corrected chi connectivity index (χ3v) is 2.69. The first-order chi connectivity index (χ1) is 6.84. The smallest absolute Gasteiger partial charge is 0.0319 e. The quantitative estimate of drug-likeness (QED) is 0.745. The van der Waals surface area contributed by atoms with Crippen molar-refractivity contribution in [3.05, 3.63) is 35.9 Å². The van der Waals surface area contributed by atoms with Crippen LogP contribution in [0.2, 0.25) is 0 Å². The summed E-state index contributed by atoms with van der Waals surface area (Å²) < 4.78 is 0. The predicted octanol–water partition coefficient (Wildman–Crippen LogP) is 1.18. The Balaban J connectivity index is 1.79. The maximum atomic E-state index is 3.60. The van der Waals surface area contributed by atoms with Gasteiger partial charge in [0.1, 0.15) is 0 Å². The Hall–Kier alpha value is -0.860. The van der Waals surface area contributed by atoms with Crippen molar-refractivity contribution >= 4 is 0 Å². The first-order valence-electron chi connectivity index (χ1n) is 5.35. The third kappa shape index (κ3) is 2.56. The van der Waals surface area contributed by atoms with Gasteiger partial charge in [-0.25, -0.2) is 0 Å². The van der Waals surface area contributed by atoms with Crippen LogP contribution >= 0.6 is 0 Å². The number of benzene rings is 1. The predicted molar refractivity (Wildman–Crippen MR) is 59.4 cm³/mol. The van der Waals surface area contributed by atoms with Crippen LogP contribution in [-0.4, -0.2) is 25.2 Å². The molecule has 0 aromatic heterocycles. The molecule has 1 aliphatic heterocycles. The van der Waals surface area contributed by atoms with Crippen LogP contribution < -0.4 is 10.6 Å². The monoisotopic (exact) mass is 190 g/mol. The molecule has 1 fully saturated rings. The summed E-state index contributed by atoms with van der Waals surface area (Å²) in [6.45, 7) is 4.50. The summed E-state index contributed by atoms with van der Waals surface area (Å²) >= 11 is 0.